The van der Waals surface area contributed by atoms with Gasteiger partial charge >= 0.3 is 5.97 Å². The normalized spacial score (nSPS) is 22.8. The van der Waals surface area contributed by atoms with E-state index in [0.717, 1.165) is 38.3 Å². The first-order valence-electron chi connectivity index (χ1n) is 9.65. The number of nitrogens with one attached hydrogen (secondary N) is 1. The summed E-state index contributed by atoms with van der Waals surface area (Å²) in [5.74, 6) is -3.82. The summed E-state index contributed by atoms with van der Waals surface area (Å²) in [5.41, 5.74) is -0.109. The molecule has 1 amide bonds. The molecule has 29 heavy (non-hydrogen) atoms. The van der Waals surface area contributed by atoms with Gasteiger partial charge in [-0.3, -0.25) is 14.5 Å². The van der Waals surface area contributed by atoms with Crippen molar-refractivity contribution in [2.45, 2.75) is 44.3 Å². The van der Waals surface area contributed by atoms with Crippen molar-refractivity contribution in [3.8, 4) is 11.3 Å². The Morgan fingerprint density at radius 3 is 2.62 bits per heavy atom. The Morgan fingerprint density at radius 2 is 1.97 bits per heavy atom. The number of aliphatic carboxylic acids is 1. The molecule has 0 bridgehead atoms. The highest BCUT2D eigenvalue weighted by Gasteiger charge is 2.41. The minimum atomic E-state index is -0.950. The van der Waals surface area contributed by atoms with E-state index in [1.807, 2.05) is 0 Å². The SMILES string of the molecule is O=C(NC1[C@H](C(=O)O)CCCN1C1CCC1)c1cc(-c2ccc(F)cc2F)on1. The number of carboxylic acids is 1. The molecule has 4 rings (SSSR count). The van der Waals surface area contributed by atoms with Gasteiger partial charge in [0, 0.05) is 24.7 Å². The maximum Gasteiger partial charge on any atom is 0.309 e. The van der Waals surface area contributed by atoms with Crippen LogP contribution in [0.4, 0.5) is 8.78 Å². The summed E-state index contributed by atoms with van der Waals surface area (Å²) in [6.45, 7) is 0.726. The minimum absolute atomic E-state index is 0.0121. The quantitative estimate of drug-likeness (QED) is 0.794. The number of carbonyl (C=O) groups is 2. The van der Waals surface area contributed by atoms with E-state index in [-0.39, 0.29) is 23.1 Å². The summed E-state index contributed by atoms with van der Waals surface area (Å²) in [7, 11) is 0. The Kier molecular flexibility index (Phi) is 5.31. The van der Waals surface area contributed by atoms with Crippen molar-refractivity contribution in [3.05, 3.63) is 41.6 Å². The molecule has 2 atom stereocenters. The topological polar surface area (TPSA) is 95.7 Å². The minimum Gasteiger partial charge on any atom is -0.481 e. The van der Waals surface area contributed by atoms with Crippen molar-refractivity contribution in [2.75, 3.05) is 6.54 Å². The van der Waals surface area contributed by atoms with Gasteiger partial charge < -0.3 is 14.9 Å². The number of carbonyl (C=O) groups excluding carboxylic acids is 1. The molecule has 1 aliphatic heterocycles. The lowest BCUT2D eigenvalue weighted by atomic mass is 9.86. The third kappa shape index (κ3) is 3.87. The third-order valence-electron chi connectivity index (χ3n) is 5.75. The van der Waals surface area contributed by atoms with Gasteiger partial charge in [-0.25, -0.2) is 8.78 Å². The number of nitrogens with zero attached hydrogens (tertiary/aromatic N) is 2. The van der Waals surface area contributed by atoms with Crippen molar-refractivity contribution in [3.63, 3.8) is 0 Å². The Balaban J connectivity index is 1.54. The van der Waals surface area contributed by atoms with Crippen LogP contribution in [-0.2, 0) is 4.79 Å². The lowest BCUT2D eigenvalue weighted by molar-refractivity contribution is -0.148. The maximum atomic E-state index is 13.9. The molecular formula is C20H21F2N3O4. The highest BCUT2D eigenvalue weighted by atomic mass is 19.1. The van der Waals surface area contributed by atoms with Crippen molar-refractivity contribution in [2.24, 2.45) is 5.92 Å². The number of likely N-dealkylation sites (tertiary alicyclic amines) is 1. The predicted molar refractivity (Wildman–Crippen MR) is 97.8 cm³/mol. The van der Waals surface area contributed by atoms with Gasteiger partial charge in [0.25, 0.3) is 5.91 Å². The molecule has 1 unspecified atom stereocenters. The number of hydrogen-bond acceptors (Lipinski definition) is 5. The summed E-state index contributed by atoms with van der Waals surface area (Å²) in [6.07, 6.45) is 3.66. The Hall–Kier alpha value is -2.81. The summed E-state index contributed by atoms with van der Waals surface area (Å²) < 4.78 is 32.1. The van der Waals surface area contributed by atoms with Crippen LogP contribution in [-0.4, -0.2) is 45.8 Å². The summed E-state index contributed by atoms with van der Waals surface area (Å²) in [5, 5.41) is 16.1. The first-order valence-corrected chi connectivity index (χ1v) is 9.65. The van der Waals surface area contributed by atoms with E-state index in [4.69, 9.17) is 4.52 Å². The second-order valence-electron chi connectivity index (χ2n) is 7.53. The first-order chi connectivity index (χ1) is 13.9. The van der Waals surface area contributed by atoms with Crippen LogP contribution in [0.2, 0.25) is 0 Å². The number of hydrogen-bond donors (Lipinski definition) is 2. The summed E-state index contributed by atoms with van der Waals surface area (Å²) >= 11 is 0. The monoisotopic (exact) mass is 405 g/mol. The van der Waals surface area contributed by atoms with Gasteiger partial charge in [-0.05, 0) is 37.8 Å². The molecule has 1 aliphatic carbocycles. The highest BCUT2D eigenvalue weighted by Crippen LogP contribution is 2.33. The molecule has 2 fully saturated rings. The molecular weight excluding hydrogens is 384 g/mol. The molecule has 1 aromatic heterocycles. The van der Waals surface area contributed by atoms with E-state index >= 15 is 0 Å². The van der Waals surface area contributed by atoms with Crippen LogP contribution in [0.15, 0.2) is 28.8 Å². The standard InChI is InChI=1S/C20H21F2N3O4/c21-11-6-7-13(15(22)9-11)17-10-16(24-29-17)19(26)23-18-14(20(27)28)5-2-8-25(18)12-3-1-4-12/h6-7,9-10,12,14,18H,1-5,8H2,(H,23,26)(H,27,28)/t14-,18?/m1/s1. The summed E-state index contributed by atoms with van der Waals surface area (Å²) in [6, 6.07) is 4.53. The molecule has 1 aromatic carbocycles. The van der Waals surface area contributed by atoms with Crippen LogP contribution in [0.1, 0.15) is 42.6 Å². The molecule has 2 heterocycles. The fourth-order valence-corrected chi connectivity index (χ4v) is 4.00. The zero-order chi connectivity index (χ0) is 20.5. The molecule has 2 aliphatic rings. The molecule has 154 valence electrons. The van der Waals surface area contributed by atoms with E-state index < -0.39 is 35.6 Å². The Morgan fingerprint density at radius 1 is 1.17 bits per heavy atom. The maximum absolute atomic E-state index is 13.9. The van der Waals surface area contributed by atoms with Gasteiger partial charge in [0.15, 0.2) is 11.5 Å². The zero-order valence-electron chi connectivity index (χ0n) is 15.6. The van der Waals surface area contributed by atoms with Crippen LogP contribution in [0.5, 0.6) is 0 Å². The van der Waals surface area contributed by atoms with E-state index in [2.05, 4.69) is 15.4 Å². The van der Waals surface area contributed by atoms with Gasteiger partial charge in [-0.15, -0.1) is 0 Å². The zero-order valence-corrected chi connectivity index (χ0v) is 15.6. The van der Waals surface area contributed by atoms with Crippen LogP contribution in [0.25, 0.3) is 11.3 Å². The van der Waals surface area contributed by atoms with Gasteiger partial charge in [0.2, 0.25) is 0 Å². The average molecular weight is 405 g/mol. The number of aromatic nitrogens is 1. The number of piperidine rings is 1. The third-order valence-corrected chi connectivity index (χ3v) is 5.75. The molecule has 2 N–H and O–H groups in total. The van der Waals surface area contributed by atoms with Crippen molar-refractivity contribution in [1.82, 2.24) is 15.4 Å². The number of carboxylic acid groups (broad SMARTS) is 1. The van der Waals surface area contributed by atoms with Crippen molar-refractivity contribution >= 4 is 11.9 Å². The smallest absolute Gasteiger partial charge is 0.309 e. The number of amides is 1. The van der Waals surface area contributed by atoms with Crippen LogP contribution in [0.3, 0.4) is 0 Å². The van der Waals surface area contributed by atoms with Gasteiger partial charge in [0.1, 0.15) is 11.6 Å². The van der Waals surface area contributed by atoms with Crippen molar-refractivity contribution in [1.29, 1.82) is 0 Å². The average Bonchev–Trinajstić information content (AvgIpc) is 3.11. The van der Waals surface area contributed by atoms with Gasteiger partial charge in [-0.2, -0.15) is 0 Å². The molecule has 1 saturated carbocycles. The van der Waals surface area contributed by atoms with E-state index in [9.17, 15) is 23.5 Å². The molecule has 9 heteroatoms. The Bertz CT molecular complexity index is 928. The second-order valence-corrected chi connectivity index (χ2v) is 7.53. The van der Waals surface area contributed by atoms with Crippen LogP contribution < -0.4 is 5.32 Å². The molecule has 1 saturated heterocycles. The van der Waals surface area contributed by atoms with Crippen LogP contribution >= 0.6 is 0 Å². The van der Waals surface area contributed by atoms with E-state index in [0.29, 0.717) is 12.5 Å². The molecule has 7 nitrogen and oxygen atoms in total. The van der Waals surface area contributed by atoms with E-state index in [1.165, 1.54) is 12.1 Å². The summed E-state index contributed by atoms with van der Waals surface area (Å²) in [4.78, 5) is 26.5. The number of halogens is 2. The largest absolute Gasteiger partial charge is 0.481 e. The second kappa shape index (κ2) is 7.90. The highest BCUT2D eigenvalue weighted by molar-refractivity contribution is 5.93. The predicted octanol–water partition coefficient (Wildman–Crippen LogP) is 3.02. The van der Waals surface area contributed by atoms with Crippen LogP contribution in [0, 0.1) is 17.6 Å². The number of benzene rings is 1. The molecule has 2 aromatic rings. The number of rotatable bonds is 5. The van der Waals surface area contributed by atoms with Gasteiger partial charge in [-0.1, -0.05) is 11.6 Å². The van der Waals surface area contributed by atoms with Gasteiger partial charge in [0.05, 0.1) is 17.6 Å². The Labute approximate surface area is 165 Å². The lowest BCUT2D eigenvalue weighted by Crippen LogP contribution is -2.61. The molecule has 0 radical (unpaired) electrons. The van der Waals surface area contributed by atoms with E-state index in [1.54, 1.807) is 0 Å². The van der Waals surface area contributed by atoms with Crippen molar-refractivity contribution < 1.29 is 28.0 Å². The lowest BCUT2D eigenvalue weighted by Gasteiger charge is -2.47. The first kappa shape index (κ1) is 19.5. The fourth-order valence-electron chi connectivity index (χ4n) is 4.00. The fraction of sp³-hybridized carbons (Fsp3) is 0.450. The molecule has 0 spiro atoms.